The van der Waals surface area contributed by atoms with Crippen LogP contribution in [0.1, 0.15) is 47.0 Å². The molecule has 0 aliphatic carbocycles. The van der Waals surface area contributed by atoms with Crippen LogP contribution in [0.25, 0.3) is 0 Å². The fourth-order valence-corrected chi connectivity index (χ4v) is 2.65. The second kappa shape index (κ2) is 13.6. The van der Waals surface area contributed by atoms with Gasteiger partial charge >= 0.3 is 5.97 Å². The summed E-state index contributed by atoms with van der Waals surface area (Å²) in [5, 5.41) is 35.5. The summed E-state index contributed by atoms with van der Waals surface area (Å²) in [6.45, 7) is 6.05. The van der Waals surface area contributed by atoms with E-state index in [0.717, 1.165) is 0 Å². The van der Waals surface area contributed by atoms with Gasteiger partial charge in [0.15, 0.2) is 0 Å². The zero-order valence-corrected chi connectivity index (χ0v) is 18.7. The Morgan fingerprint density at radius 1 is 0.812 bits per heavy atom. The molecule has 0 aliphatic rings. The van der Waals surface area contributed by atoms with Gasteiger partial charge in [0.1, 0.15) is 24.2 Å². The van der Waals surface area contributed by atoms with Crippen molar-refractivity contribution in [3.8, 4) is 0 Å². The number of nitrogens with two attached hydrogens (primary N) is 2. The number of primary amides is 1. The van der Waals surface area contributed by atoms with E-state index in [0.29, 0.717) is 0 Å². The lowest BCUT2D eigenvalue weighted by atomic mass is 10.0. The van der Waals surface area contributed by atoms with Crippen molar-refractivity contribution in [2.24, 2.45) is 17.4 Å². The smallest absolute Gasteiger partial charge is 0.326 e. The molecule has 0 fully saturated rings. The van der Waals surface area contributed by atoms with Gasteiger partial charge in [-0.25, -0.2) is 4.79 Å². The molecule has 0 spiro atoms. The molecule has 0 aromatic rings. The molecule has 0 aliphatic heterocycles. The third-order valence-electron chi connectivity index (χ3n) is 4.52. The van der Waals surface area contributed by atoms with Crippen molar-refractivity contribution >= 4 is 29.6 Å². The van der Waals surface area contributed by atoms with Gasteiger partial charge in [-0.1, -0.05) is 13.8 Å². The quantitative estimate of drug-likeness (QED) is 0.131. The Labute approximate surface area is 186 Å². The van der Waals surface area contributed by atoms with E-state index in [1.165, 1.54) is 13.8 Å². The average Bonchev–Trinajstić information content (AvgIpc) is 2.66. The first-order valence-electron chi connectivity index (χ1n) is 10.2. The largest absolute Gasteiger partial charge is 0.480 e. The van der Waals surface area contributed by atoms with Crippen molar-refractivity contribution < 1.29 is 39.3 Å². The summed E-state index contributed by atoms with van der Waals surface area (Å²) in [4.78, 5) is 59.8. The second-order valence-electron chi connectivity index (χ2n) is 8.09. The maximum absolute atomic E-state index is 12.7. The number of hydrogen-bond acceptors (Lipinski definition) is 8. The van der Waals surface area contributed by atoms with E-state index in [-0.39, 0.29) is 25.2 Å². The number of rotatable bonds is 14. The zero-order chi connectivity index (χ0) is 25.2. The van der Waals surface area contributed by atoms with Gasteiger partial charge in [0.2, 0.25) is 23.6 Å². The van der Waals surface area contributed by atoms with Gasteiger partial charge in [0, 0.05) is 6.42 Å². The Hall–Kier alpha value is -2.77. The minimum atomic E-state index is -1.49. The molecule has 184 valence electrons. The number of amides is 4. The summed E-state index contributed by atoms with van der Waals surface area (Å²) >= 11 is 0. The minimum absolute atomic E-state index is 0.0943. The van der Waals surface area contributed by atoms with Gasteiger partial charge < -0.3 is 42.7 Å². The Morgan fingerprint density at radius 3 is 1.75 bits per heavy atom. The zero-order valence-electron chi connectivity index (χ0n) is 18.7. The number of carbonyl (C=O) groups is 5. The molecule has 0 rings (SSSR count). The molecule has 13 nitrogen and oxygen atoms in total. The van der Waals surface area contributed by atoms with Gasteiger partial charge in [0.25, 0.3) is 0 Å². The van der Waals surface area contributed by atoms with E-state index in [9.17, 15) is 39.3 Å². The predicted octanol–water partition coefficient (Wildman–Crippen LogP) is -3.07. The fraction of sp³-hybridized carbons (Fsp3) is 0.737. The molecule has 10 N–H and O–H groups in total. The Kier molecular flexibility index (Phi) is 12.4. The number of aliphatic carboxylic acids is 1. The summed E-state index contributed by atoms with van der Waals surface area (Å²) in [5.41, 5.74) is 10.5. The number of aliphatic hydroxyl groups is 2. The molecule has 0 bridgehead atoms. The van der Waals surface area contributed by atoms with Crippen LogP contribution in [-0.4, -0.2) is 81.3 Å². The van der Waals surface area contributed by atoms with Crippen LogP contribution in [0.15, 0.2) is 0 Å². The van der Waals surface area contributed by atoms with Crippen LogP contribution in [0.2, 0.25) is 0 Å². The van der Waals surface area contributed by atoms with E-state index in [1.807, 2.05) is 0 Å². The van der Waals surface area contributed by atoms with Crippen LogP contribution in [0.5, 0.6) is 0 Å². The number of nitrogens with one attached hydrogen (secondary N) is 3. The molecule has 13 heteroatoms. The van der Waals surface area contributed by atoms with Crippen LogP contribution >= 0.6 is 0 Å². The molecule has 0 radical (unpaired) electrons. The molecule has 0 saturated heterocycles. The molecule has 0 aromatic carbocycles. The summed E-state index contributed by atoms with van der Waals surface area (Å²) in [6.07, 6.45) is -2.96. The molecular formula is C19H35N5O8. The lowest BCUT2D eigenvalue weighted by molar-refractivity contribution is -0.143. The third-order valence-corrected chi connectivity index (χ3v) is 4.52. The van der Waals surface area contributed by atoms with Gasteiger partial charge in [-0.05, 0) is 32.6 Å². The average molecular weight is 462 g/mol. The van der Waals surface area contributed by atoms with Crippen molar-refractivity contribution in [1.29, 1.82) is 0 Å². The fourth-order valence-electron chi connectivity index (χ4n) is 2.65. The van der Waals surface area contributed by atoms with Crippen molar-refractivity contribution in [1.82, 2.24) is 16.0 Å². The topological polar surface area (TPSA) is 234 Å². The van der Waals surface area contributed by atoms with E-state index in [2.05, 4.69) is 16.0 Å². The van der Waals surface area contributed by atoms with Gasteiger partial charge in [0.05, 0.1) is 12.2 Å². The second-order valence-corrected chi connectivity index (χ2v) is 8.09. The number of aliphatic hydroxyl groups excluding tert-OH is 2. The standard InChI is InChI=1S/C19H35N5O8/c1-8(2)7-12(16(28)22-11(19(31)32)5-6-13(20)27)23-18(30)15(10(4)26)24-17(29)14(21)9(3)25/h8-12,14-15,25-26H,5-7,21H2,1-4H3,(H2,20,27)(H,22,28)(H,23,30)(H,24,29)(H,31,32). The monoisotopic (exact) mass is 461 g/mol. The Balaban J connectivity index is 5.45. The molecule has 0 heterocycles. The van der Waals surface area contributed by atoms with Crippen molar-refractivity contribution in [2.75, 3.05) is 0 Å². The van der Waals surface area contributed by atoms with E-state index in [4.69, 9.17) is 11.5 Å². The first kappa shape index (κ1) is 29.2. The normalized spacial score (nSPS) is 16.8. The van der Waals surface area contributed by atoms with Gasteiger partial charge in [-0.15, -0.1) is 0 Å². The number of carboxylic acids is 1. The van der Waals surface area contributed by atoms with E-state index >= 15 is 0 Å². The van der Waals surface area contributed by atoms with Crippen LogP contribution < -0.4 is 27.4 Å². The number of carbonyl (C=O) groups excluding carboxylic acids is 4. The maximum atomic E-state index is 12.7. The van der Waals surface area contributed by atoms with Gasteiger partial charge in [-0.3, -0.25) is 19.2 Å². The van der Waals surface area contributed by atoms with Crippen molar-refractivity contribution in [2.45, 2.75) is 83.3 Å². The molecular weight excluding hydrogens is 426 g/mol. The molecule has 6 atom stereocenters. The molecule has 0 saturated carbocycles. The van der Waals surface area contributed by atoms with E-state index in [1.54, 1.807) is 13.8 Å². The summed E-state index contributed by atoms with van der Waals surface area (Å²) in [5.74, 6) is -4.82. The predicted molar refractivity (Wildman–Crippen MR) is 113 cm³/mol. The highest BCUT2D eigenvalue weighted by Crippen LogP contribution is 2.08. The highest BCUT2D eigenvalue weighted by Gasteiger charge is 2.33. The highest BCUT2D eigenvalue weighted by molar-refractivity contribution is 5.94. The first-order chi connectivity index (χ1) is 14.7. The Bertz CT molecular complexity index is 683. The minimum Gasteiger partial charge on any atom is -0.480 e. The van der Waals surface area contributed by atoms with Crippen LogP contribution in [0, 0.1) is 5.92 Å². The van der Waals surface area contributed by atoms with Crippen molar-refractivity contribution in [3.63, 3.8) is 0 Å². The third kappa shape index (κ3) is 10.5. The molecule has 6 unspecified atom stereocenters. The maximum Gasteiger partial charge on any atom is 0.326 e. The van der Waals surface area contributed by atoms with Crippen LogP contribution in [-0.2, 0) is 24.0 Å². The van der Waals surface area contributed by atoms with E-state index < -0.39 is 66.0 Å². The summed E-state index contributed by atoms with van der Waals surface area (Å²) in [6, 6.07) is -5.43. The van der Waals surface area contributed by atoms with Crippen molar-refractivity contribution in [3.05, 3.63) is 0 Å². The summed E-state index contributed by atoms with van der Waals surface area (Å²) < 4.78 is 0. The number of carboxylic acid groups (broad SMARTS) is 1. The van der Waals surface area contributed by atoms with Crippen LogP contribution in [0.3, 0.4) is 0 Å². The summed E-state index contributed by atoms with van der Waals surface area (Å²) in [7, 11) is 0. The molecule has 0 aromatic heterocycles. The SMILES string of the molecule is CC(C)CC(NC(=O)C(NC(=O)C(N)C(C)O)C(C)O)C(=O)NC(CCC(N)=O)C(=O)O. The molecule has 4 amide bonds. The highest BCUT2D eigenvalue weighted by atomic mass is 16.4. The van der Waals surface area contributed by atoms with Gasteiger partial charge in [-0.2, -0.15) is 0 Å². The first-order valence-corrected chi connectivity index (χ1v) is 10.2. The van der Waals surface area contributed by atoms with Crippen LogP contribution in [0.4, 0.5) is 0 Å². The Morgan fingerprint density at radius 2 is 1.34 bits per heavy atom. The lowest BCUT2D eigenvalue weighted by Crippen LogP contribution is -2.60. The number of hydrogen-bond donors (Lipinski definition) is 8. The molecule has 32 heavy (non-hydrogen) atoms. The lowest BCUT2D eigenvalue weighted by Gasteiger charge is -2.27.